The first-order valence-corrected chi connectivity index (χ1v) is 19.5. The summed E-state index contributed by atoms with van der Waals surface area (Å²) in [6.45, 7) is 0. The molecular weight excluding hydrogens is 693 g/mol. The van der Waals surface area contributed by atoms with E-state index in [4.69, 9.17) is 4.42 Å². The van der Waals surface area contributed by atoms with Gasteiger partial charge in [-0.3, -0.25) is 0 Å². The number of hydrogen-bond acceptors (Lipinski definition) is 1. The van der Waals surface area contributed by atoms with Gasteiger partial charge in [0.25, 0.3) is 0 Å². The van der Waals surface area contributed by atoms with Crippen molar-refractivity contribution in [2.24, 2.45) is 0 Å². The van der Waals surface area contributed by atoms with Gasteiger partial charge in [-0.15, -0.1) is 0 Å². The fourth-order valence-corrected chi connectivity index (χ4v) is 9.14. The zero-order chi connectivity index (χ0) is 37.5. The van der Waals surface area contributed by atoms with Crippen molar-refractivity contribution in [2.45, 2.75) is 0 Å². The van der Waals surface area contributed by atoms with Gasteiger partial charge in [-0.05, 0) is 106 Å². The summed E-state index contributed by atoms with van der Waals surface area (Å²) in [5.74, 6) is 0. The molecule has 3 heterocycles. The molecule has 57 heavy (non-hydrogen) atoms. The third-order valence-electron chi connectivity index (χ3n) is 11.7. The van der Waals surface area contributed by atoms with Crippen molar-refractivity contribution < 1.29 is 4.42 Å². The lowest BCUT2D eigenvalue weighted by Gasteiger charge is -2.12. The van der Waals surface area contributed by atoms with E-state index in [-0.39, 0.29) is 0 Å². The zero-order valence-electron chi connectivity index (χ0n) is 30.9. The van der Waals surface area contributed by atoms with E-state index in [0.717, 1.165) is 33.3 Å². The van der Waals surface area contributed by atoms with Crippen molar-refractivity contribution in [1.82, 2.24) is 9.13 Å². The molecule has 3 nitrogen and oxygen atoms in total. The predicted octanol–water partition coefficient (Wildman–Crippen LogP) is 14.8. The molecule has 12 rings (SSSR count). The van der Waals surface area contributed by atoms with Gasteiger partial charge in [0.2, 0.25) is 0 Å². The van der Waals surface area contributed by atoms with E-state index in [1.165, 1.54) is 77.0 Å². The number of rotatable bonds is 5. The third kappa shape index (κ3) is 4.92. The van der Waals surface area contributed by atoms with E-state index in [1.54, 1.807) is 0 Å². The van der Waals surface area contributed by atoms with Gasteiger partial charge in [0.05, 0.1) is 22.1 Å². The number of benzene rings is 9. The van der Waals surface area contributed by atoms with Crippen LogP contribution in [0.3, 0.4) is 0 Å². The fourth-order valence-electron chi connectivity index (χ4n) is 9.14. The normalized spacial score (nSPS) is 11.9. The Morgan fingerprint density at radius 1 is 0.281 bits per heavy atom. The quantitative estimate of drug-likeness (QED) is 0.173. The molecule has 0 atom stereocenters. The molecule has 0 N–H and O–H groups in total. The second-order valence-corrected chi connectivity index (χ2v) is 14.9. The van der Waals surface area contributed by atoms with E-state index in [0.29, 0.717) is 0 Å². The number of fused-ring (bicyclic) bond motifs is 9. The van der Waals surface area contributed by atoms with Gasteiger partial charge in [-0.2, -0.15) is 0 Å². The van der Waals surface area contributed by atoms with Crippen molar-refractivity contribution in [2.75, 3.05) is 0 Å². The lowest BCUT2D eigenvalue weighted by Crippen LogP contribution is -1.94. The smallest absolute Gasteiger partial charge is 0.135 e. The molecule has 12 aromatic rings. The molecule has 0 saturated carbocycles. The maximum Gasteiger partial charge on any atom is 0.135 e. The summed E-state index contributed by atoms with van der Waals surface area (Å²) >= 11 is 0. The van der Waals surface area contributed by atoms with Crippen LogP contribution < -0.4 is 0 Å². The van der Waals surface area contributed by atoms with Gasteiger partial charge in [-0.1, -0.05) is 133 Å². The summed E-state index contributed by atoms with van der Waals surface area (Å²) in [5.41, 5.74) is 16.0. The lowest BCUT2D eigenvalue weighted by molar-refractivity contribution is 0.669. The molecule has 0 aliphatic rings. The van der Waals surface area contributed by atoms with Crippen molar-refractivity contribution in [3.8, 4) is 44.8 Å². The summed E-state index contributed by atoms with van der Waals surface area (Å²) in [6.07, 6.45) is 0. The minimum Gasteiger partial charge on any atom is -0.456 e. The van der Waals surface area contributed by atoms with Crippen LogP contribution in [0.25, 0.3) is 110 Å². The van der Waals surface area contributed by atoms with Gasteiger partial charge in [0.1, 0.15) is 11.2 Å². The van der Waals surface area contributed by atoms with Crippen LogP contribution in [-0.2, 0) is 0 Å². The predicted molar refractivity (Wildman–Crippen MR) is 239 cm³/mol. The second-order valence-electron chi connectivity index (χ2n) is 14.9. The summed E-state index contributed by atoms with van der Waals surface area (Å²) < 4.78 is 11.0. The molecule has 266 valence electrons. The van der Waals surface area contributed by atoms with Crippen LogP contribution >= 0.6 is 0 Å². The topological polar surface area (TPSA) is 23.0 Å². The van der Waals surface area contributed by atoms with Crippen LogP contribution in [0.2, 0.25) is 0 Å². The molecule has 0 aliphatic heterocycles. The van der Waals surface area contributed by atoms with Crippen LogP contribution in [-0.4, -0.2) is 9.13 Å². The summed E-state index contributed by atoms with van der Waals surface area (Å²) in [4.78, 5) is 0. The molecule has 0 radical (unpaired) electrons. The highest BCUT2D eigenvalue weighted by molar-refractivity contribution is 6.17. The number of para-hydroxylation sites is 4. The minimum absolute atomic E-state index is 0.911. The third-order valence-corrected chi connectivity index (χ3v) is 11.7. The highest BCUT2D eigenvalue weighted by Gasteiger charge is 2.19. The summed E-state index contributed by atoms with van der Waals surface area (Å²) in [7, 11) is 0. The van der Waals surface area contributed by atoms with Crippen molar-refractivity contribution in [3.05, 3.63) is 206 Å². The van der Waals surface area contributed by atoms with E-state index >= 15 is 0 Å². The first kappa shape index (κ1) is 31.7. The Hall–Kier alpha value is -7.62. The maximum absolute atomic E-state index is 6.12. The average molecular weight is 727 g/mol. The Morgan fingerprint density at radius 2 is 0.842 bits per heavy atom. The summed E-state index contributed by atoms with van der Waals surface area (Å²) in [6, 6.07) is 74.6. The molecule has 0 amide bonds. The molecule has 0 saturated heterocycles. The van der Waals surface area contributed by atoms with Gasteiger partial charge in [0, 0.05) is 43.7 Å². The Bertz CT molecular complexity index is 3530. The lowest BCUT2D eigenvalue weighted by atomic mass is 9.97. The van der Waals surface area contributed by atoms with Crippen molar-refractivity contribution >= 4 is 65.6 Å². The van der Waals surface area contributed by atoms with E-state index in [2.05, 4.69) is 203 Å². The Kier molecular flexibility index (Phi) is 6.93. The maximum atomic E-state index is 6.12. The monoisotopic (exact) mass is 726 g/mol. The number of aromatic nitrogens is 2. The Balaban J connectivity index is 0.999. The average Bonchev–Trinajstić information content (AvgIpc) is 3.94. The van der Waals surface area contributed by atoms with Crippen molar-refractivity contribution in [1.29, 1.82) is 0 Å². The summed E-state index contributed by atoms with van der Waals surface area (Å²) in [5, 5.41) is 7.29. The Morgan fingerprint density at radius 3 is 1.68 bits per heavy atom. The van der Waals surface area contributed by atoms with E-state index < -0.39 is 0 Å². The number of nitrogens with zero attached hydrogens (tertiary/aromatic N) is 2. The zero-order valence-corrected chi connectivity index (χ0v) is 30.9. The van der Waals surface area contributed by atoms with Gasteiger partial charge in [-0.25, -0.2) is 0 Å². The van der Waals surface area contributed by atoms with Crippen LogP contribution in [0.1, 0.15) is 0 Å². The van der Waals surface area contributed by atoms with Crippen LogP contribution in [0, 0.1) is 0 Å². The molecule has 0 unspecified atom stereocenters. The van der Waals surface area contributed by atoms with Gasteiger partial charge in [0.15, 0.2) is 0 Å². The van der Waals surface area contributed by atoms with Crippen LogP contribution in [0.4, 0.5) is 0 Å². The Labute approximate surface area is 328 Å². The minimum atomic E-state index is 0.911. The molecule has 3 aromatic heterocycles. The molecule has 0 aliphatic carbocycles. The second kappa shape index (κ2) is 12.5. The number of furan rings is 1. The van der Waals surface area contributed by atoms with Crippen molar-refractivity contribution in [3.63, 3.8) is 0 Å². The molecule has 0 bridgehead atoms. The van der Waals surface area contributed by atoms with E-state index in [1.807, 2.05) is 12.1 Å². The molecule has 0 spiro atoms. The molecular formula is C54H34N2O. The van der Waals surface area contributed by atoms with Gasteiger partial charge < -0.3 is 13.6 Å². The van der Waals surface area contributed by atoms with Gasteiger partial charge >= 0.3 is 0 Å². The molecule has 3 heteroatoms. The van der Waals surface area contributed by atoms with E-state index in [9.17, 15) is 0 Å². The fraction of sp³-hybridized carbons (Fsp3) is 0. The molecule has 9 aromatic carbocycles. The standard InChI is InChI=1S/C54H34N2O/c1-2-16-40(17-3-1)55-48-23-7-4-19-43(48)44-29-27-39(34-51(44)55)42-22-12-25-50-54(42)46-21-5-8-24-49(46)56(50)41-18-11-15-37(32-41)35-13-10-14-36(31-35)38-28-30-53-47(33-38)45-20-6-9-26-52(45)57-53/h1-34H. The SMILES string of the molecule is c1ccc(-n2c3ccccc3c3ccc(-c4cccc5c4c4ccccc4n5-c4cccc(-c5cccc(-c6ccc7oc8ccccc8c7c6)c5)c4)cc32)cc1. The largest absolute Gasteiger partial charge is 0.456 e. The molecule has 0 fully saturated rings. The number of hydrogen-bond donors (Lipinski definition) is 0. The highest BCUT2D eigenvalue weighted by atomic mass is 16.3. The van der Waals surface area contributed by atoms with Crippen LogP contribution in [0.5, 0.6) is 0 Å². The first-order valence-electron chi connectivity index (χ1n) is 19.5. The van der Waals surface area contributed by atoms with Crippen LogP contribution in [0.15, 0.2) is 211 Å². The highest BCUT2D eigenvalue weighted by Crippen LogP contribution is 2.42. The first-order chi connectivity index (χ1) is 28.3.